The fourth-order valence-corrected chi connectivity index (χ4v) is 3.22. The summed E-state index contributed by atoms with van der Waals surface area (Å²) in [4.78, 5) is 12.4. The Bertz CT molecular complexity index is 985. The smallest absolute Gasteiger partial charge is 0.338 e. The van der Waals surface area contributed by atoms with Crippen molar-refractivity contribution in [2.24, 2.45) is 7.05 Å². The Morgan fingerprint density at radius 2 is 1.71 bits per heavy atom. The molecule has 0 aliphatic carbocycles. The number of esters is 1. The number of rotatable bonds is 4. The summed E-state index contributed by atoms with van der Waals surface area (Å²) in [6.07, 6.45) is 2.18. The van der Waals surface area contributed by atoms with Crippen molar-refractivity contribution in [3.8, 4) is 11.3 Å². The van der Waals surface area contributed by atoms with Gasteiger partial charge in [-0.1, -0.05) is 51.1 Å². The van der Waals surface area contributed by atoms with Gasteiger partial charge in [-0.05, 0) is 47.7 Å². The van der Waals surface area contributed by atoms with Gasteiger partial charge in [0, 0.05) is 17.2 Å². The Kier molecular flexibility index (Phi) is 5.64. The summed E-state index contributed by atoms with van der Waals surface area (Å²) < 4.78 is 7.60. The Labute approximate surface area is 167 Å². The lowest BCUT2D eigenvalue weighted by atomic mass is 9.88. The first-order valence-electron chi connectivity index (χ1n) is 9.58. The minimum Gasteiger partial charge on any atom is -0.457 e. The van der Waals surface area contributed by atoms with E-state index in [4.69, 9.17) is 4.74 Å². The van der Waals surface area contributed by atoms with E-state index in [1.807, 2.05) is 55.5 Å². The lowest BCUT2D eigenvalue weighted by Gasteiger charge is -2.17. The molecule has 0 saturated heterocycles. The van der Waals surface area contributed by atoms with Crippen molar-refractivity contribution in [2.45, 2.75) is 39.7 Å². The van der Waals surface area contributed by atoms with Crippen molar-refractivity contribution in [2.75, 3.05) is 0 Å². The molecular weight excluding hydrogens is 346 g/mol. The number of pyridine rings is 1. The van der Waals surface area contributed by atoms with Crippen molar-refractivity contribution in [1.82, 2.24) is 0 Å². The van der Waals surface area contributed by atoms with Crippen LogP contribution in [0.25, 0.3) is 11.3 Å². The quantitative estimate of drug-likeness (QED) is 0.467. The van der Waals surface area contributed by atoms with Gasteiger partial charge in [-0.3, -0.25) is 0 Å². The topological polar surface area (TPSA) is 30.2 Å². The van der Waals surface area contributed by atoms with Crippen LogP contribution < -0.4 is 4.57 Å². The minimum absolute atomic E-state index is 0.109. The zero-order valence-corrected chi connectivity index (χ0v) is 17.3. The SMILES string of the molecule is Cc1cc(C(=O)OCc2ccccc2)ccc1-c1ccc(C(C)(C)C)c[n+]1C. The van der Waals surface area contributed by atoms with Crippen LogP contribution in [-0.2, 0) is 23.8 Å². The number of nitrogens with zero attached hydrogens (tertiary/aromatic N) is 1. The predicted molar refractivity (Wildman–Crippen MR) is 112 cm³/mol. The van der Waals surface area contributed by atoms with E-state index in [2.05, 4.69) is 50.7 Å². The maximum atomic E-state index is 12.4. The van der Waals surface area contributed by atoms with Crippen molar-refractivity contribution in [3.63, 3.8) is 0 Å². The standard InChI is InChI=1S/C25H28NO2/c1-18-15-20(24(27)28-17-19-9-7-6-8-10-19)11-13-22(18)23-14-12-21(16-26(23)5)25(2,3)4/h6-16H,17H2,1-5H3/q+1. The van der Waals surface area contributed by atoms with Crippen LogP contribution in [0.3, 0.4) is 0 Å². The number of carbonyl (C=O) groups excluding carboxylic acids is 1. The molecule has 0 spiro atoms. The van der Waals surface area contributed by atoms with Crippen LogP contribution in [0.1, 0.15) is 47.8 Å². The average Bonchev–Trinajstić information content (AvgIpc) is 2.66. The molecule has 3 nitrogen and oxygen atoms in total. The number of aromatic nitrogens is 1. The second kappa shape index (κ2) is 7.97. The third kappa shape index (κ3) is 4.48. The van der Waals surface area contributed by atoms with Gasteiger partial charge in [-0.25, -0.2) is 9.36 Å². The molecule has 0 fully saturated rings. The molecule has 1 heterocycles. The highest BCUT2D eigenvalue weighted by atomic mass is 16.5. The molecule has 0 amide bonds. The number of ether oxygens (including phenoxy) is 1. The molecule has 0 saturated carbocycles. The Morgan fingerprint density at radius 3 is 2.32 bits per heavy atom. The highest BCUT2D eigenvalue weighted by Gasteiger charge is 2.20. The summed E-state index contributed by atoms with van der Waals surface area (Å²) in [5.74, 6) is -0.300. The number of hydrogen-bond donors (Lipinski definition) is 0. The molecule has 0 bridgehead atoms. The third-order valence-corrected chi connectivity index (χ3v) is 4.95. The van der Waals surface area contributed by atoms with Gasteiger partial charge in [0.2, 0.25) is 5.69 Å². The van der Waals surface area contributed by atoms with E-state index in [-0.39, 0.29) is 18.0 Å². The van der Waals surface area contributed by atoms with Crippen molar-refractivity contribution >= 4 is 5.97 Å². The second-order valence-corrected chi connectivity index (χ2v) is 8.26. The van der Waals surface area contributed by atoms with Gasteiger partial charge in [-0.2, -0.15) is 0 Å². The van der Waals surface area contributed by atoms with E-state index >= 15 is 0 Å². The summed E-state index contributed by atoms with van der Waals surface area (Å²) >= 11 is 0. The molecule has 28 heavy (non-hydrogen) atoms. The Morgan fingerprint density at radius 1 is 1.00 bits per heavy atom. The fourth-order valence-electron chi connectivity index (χ4n) is 3.22. The lowest BCUT2D eigenvalue weighted by Crippen LogP contribution is -2.33. The zero-order chi connectivity index (χ0) is 20.3. The van der Waals surface area contributed by atoms with Gasteiger partial charge in [-0.15, -0.1) is 0 Å². The predicted octanol–water partition coefficient (Wildman–Crippen LogP) is 5.14. The molecule has 0 N–H and O–H groups in total. The van der Waals surface area contributed by atoms with Gasteiger partial charge < -0.3 is 4.74 Å². The van der Waals surface area contributed by atoms with Crippen LogP contribution in [-0.4, -0.2) is 5.97 Å². The van der Waals surface area contributed by atoms with E-state index in [9.17, 15) is 4.79 Å². The van der Waals surface area contributed by atoms with Gasteiger partial charge in [0.25, 0.3) is 0 Å². The number of hydrogen-bond acceptors (Lipinski definition) is 2. The maximum absolute atomic E-state index is 12.4. The minimum atomic E-state index is -0.300. The molecule has 1 aromatic heterocycles. The van der Waals surface area contributed by atoms with Crippen LogP contribution >= 0.6 is 0 Å². The largest absolute Gasteiger partial charge is 0.457 e. The summed E-state index contributed by atoms with van der Waals surface area (Å²) in [6, 6.07) is 19.8. The number of benzene rings is 2. The van der Waals surface area contributed by atoms with Crippen molar-refractivity contribution < 1.29 is 14.1 Å². The van der Waals surface area contributed by atoms with Crippen LogP contribution in [0.5, 0.6) is 0 Å². The molecule has 2 aromatic carbocycles. The Hall–Kier alpha value is -2.94. The van der Waals surface area contributed by atoms with Gasteiger partial charge in [0.05, 0.1) is 5.56 Å². The summed E-state index contributed by atoms with van der Waals surface area (Å²) in [7, 11) is 2.06. The highest BCUT2D eigenvalue weighted by molar-refractivity contribution is 5.90. The van der Waals surface area contributed by atoms with E-state index in [0.29, 0.717) is 5.56 Å². The molecule has 3 rings (SSSR count). The normalized spacial score (nSPS) is 11.3. The first kappa shape index (κ1) is 19.8. The lowest BCUT2D eigenvalue weighted by molar-refractivity contribution is -0.661. The molecule has 0 unspecified atom stereocenters. The van der Waals surface area contributed by atoms with Crippen molar-refractivity contribution in [3.05, 3.63) is 89.1 Å². The van der Waals surface area contributed by atoms with Gasteiger partial charge in [0.1, 0.15) is 13.7 Å². The number of aryl methyl sites for hydroxylation is 2. The molecular formula is C25H28NO2+. The van der Waals surface area contributed by atoms with Gasteiger partial charge >= 0.3 is 5.97 Å². The molecule has 3 aromatic rings. The van der Waals surface area contributed by atoms with E-state index in [1.165, 1.54) is 5.56 Å². The zero-order valence-electron chi connectivity index (χ0n) is 17.3. The molecule has 3 heteroatoms. The average molecular weight is 375 g/mol. The molecule has 144 valence electrons. The van der Waals surface area contributed by atoms with Crippen LogP contribution in [0.15, 0.2) is 66.9 Å². The van der Waals surface area contributed by atoms with E-state index < -0.39 is 0 Å². The maximum Gasteiger partial charge on any atom is 0.338 e. The first-order valence-corrected chi connectivity index (χ1v) is 9.58. The fraction of sp³-hybridized carbons (Fsp3) is 0.280. The van der Waals surface area contributed by atoms with Crippen LogP contribution in [0.4, 0.5) is 0 Å². The molecule has 0 radical (unpaired) electrons. The molecule has 0 atom stereocenters. The highest BCUT2D eigenvalue weighted by Crippen LogP contribution is 2.25. The van der Waals surface area contributed by atoms with Gasteiger partial charge in [0.15, 0.2) is 6.20 Å². The monoisotopic (exact) mass is 374 g/mol. The summed E-state index contributed by atoms with van der Waals surface area (Å²) in [5.41, 5.74) is 6.24. The summed E-state index contributed by atoms with van der Waals surface area (Å²) in [5, 5.41) is 0. The van der Waals surface area contributed by atoms with E-state index in [1.54, 1.807) is 0 Å². The van der Waals surface area contributed by atoms with E-state index in [0.717, 1.165) is 22.4 Å². The van der Waals surface area contributed by atoms with Crippen LogP contribution in [0.2, 0.25) is 0 Å². The summed E-state index contributed by atoms with van der Waals surface area (Å²) in [6.45, 7) is 8.94. The molecule has 0 aliphatic heterocycles. The molecule has 0 aliphatic rings. The first-order chi connectivity index (χ1) is 13.3. The second-order valence-electron chi connectivity index (χ2n) is 8.26. The van der Waals surface area contributed by atoms with Crippen molar-refractivity contribution in [1.29, 1.82) is 0 Å². The van der Waals surface area contributed by atoms with Crippen LogP contribution in [0, 0.1) is 6.92 Å². The number of carbonyl (C=O) groups is 1. The Balaban J connectivity index is 1.80. The third-order valence-electron chi connectivity index (χ3n) is 4.95.